The van der Waals surface area contributed by atoms with Crippen LogP contribution in [0.3, 0.4) is 0 Å². The van der Waals surface area contributed by atoms with Crippen LogP contribution in [0.25, 0.3) is 5.69 Å². The first-order valence-electron chi connectivity index (χ1n) is 10.8. The lowest BCUT2D eigenvalue weighted by Gasteiger charge is -2.12. The normalized spacial score (nSPS) is 10.8. The highest BCUT2D eigenvalue weighted by Gasteiger charge is 2.20. The third kappa shape index (κ3) is 5.47. The molecule has 1 aromatic heterocycles. The van der Waals surface area contributed by atoms with E-state index in [1.165, 1.54) is 12.1 Å². The van der Waals surface area contributed by atoms with Crippen molar-refractivity contribution in [2.45, 2.75) is 33.6 Å². The number of anilines is 1. The van der Waals surface area contributed by atoms with Crippen molar-refractivity contribution in [3.05, 3.63) is 101 Å². The molecular weight excluding hydrogens is 417 g/mol. The zero-order valence-corrected chi connectivity index (χ0v) is 18.9. The Morgan fingerprint density at radius 2 is 1.67 bits per heavy atom. The Balaban J connectivity index is 1.62. The molecule has 0 radical (unpaired) electrons. The summed E-state index contributed by atoms with van der Waals surface area (Å²) >= 11 is 0. The lowest BCUT2D eigenvalue weighted by Crippen LogP contribution is -2.12. The van der Waals surface area contributed by atoms with Crippen LogP contribution in [0, 0.1) is 26.6 Å². The Kier molecular flexibility index (Phi) is 6.54. The first-order chi connectivity index (χ1) is 15.9. The van der Waals surface area contributed by atoms with Gasteiger partial charge in [-0.1, -0.05) is 24.3 Å². The predicted molar refractivity (Wildman–Crippen MR) is 128 cm³/mol. The van der Waals surface area contributed by atoms with Crippen LogP contribution in [0.5, 0.6) is 11.6 Å². The van der Waals surface area contributed by atoms with Gasteiger partial charge in [0.2, 0.25) is 11.8 Å². The average molecular weight is 444 g/mol. The second-order valence-electron chi connectivity index (χ2n) is 8.09. The van der Waals surface area contributed by atoms with Crippen LogP contribution in [0.1, 0.15) is 28.8 Å². The minimum atomic E-state index is -0.342. The number of hydrogen-bond acceptors (Lipinski definition) is 3. The van der Waals surface area contributed by atoms with Crippen LogP contribution >= 0.6 is 0 Å². The van der Waals surface area contributed by atoms with Gasteiger partial charge >= 0.3 is 0 Å². The van der Waals surface area contributed by atoms with Gasteiger partial charge in [-0.15, -0.1) is 0 Å². The first-order valence-corrected chi connectivity index (χ1v) is 10.8. The fraction of sp³-hybridized carbons (Fsp3) is 0.185. The molecule has 168 valence electrons. The Morgan fingerprint density at radius 3 is 2.36 bits per heavy atom. The van der Waals surface area contributed by atoms with Gasteiger partial charge in [0.25, 0.3) is 0 Å². The van der Waals surface area contributed by atoms with Crippen molar-refractivity contribution in [3.63, 3.8) is 0 Å². The molecule has 0 aliphatic carbocycles. The molecule has 1 N–H and O–H groups in total. The number of nitrogens with one attached hydrogen (secondary N) is 1. The van der Waals surface area contributed by atoms with E-state index in [4.69, 9.17) is 9.84 Å². The van der Waals surface area contributed by atoms with Crippen molar-refractivity contribution < 1.29 is 13.9 Å². The number of aromatic nitrogens is 2. The van der Waals surface area contributed by atoms with E-state index in [2.05, 4.69) is 5.32 Å². The molecule has 0 fully saturated rings. The molecule has 0 aliphatic rings. The van der Waals surface area contributed by atoms with Gasteiger partial charge < -0.3 is 10.1 Å². The number of ether oxygens (including phenoxy) is 1. The van der Waals surface area contributed by atoms with Crippen LogP contribution in [0.2, 0.25) is 0 Å². The maximum Gasteiger partial charge on any atom is 0.226 e. The molecule has 1 heterocycles. The van der Waals surface area contributed by atoms with Gasteiger partial charge in [-0.05, 0) is 86.8 Å². The quantitative estimate of drug-likeness (QED) is 0.365. The monoisotopic (exact) mass is 443 g/mol. The molecule has 0 spiro atoms. The zero-order valence-electron chi connectivity index (χ0n) is 18.9. The van der Waals surface area contributed by atoms with Gasteiger partial charge in [0.1, 0.15) is 11.6 Å². The summed E-state index contributed by atoms with van der Waals surface area (Å²) in [5.74, 6) is 0.801. The van der Waals surface area contributed by atoms with E-state index in [1.807, 2.05) is 69.3 Å². The van der Waals surface area contributed by atoms with Gasteiger partial charge in [-0.3, -0.25) is 4.79 Å². The molecule has 6 heteroatoms. The maximum atomic E-state index is 13.1. The molecule has 4 aromatic rings. The molecule has 0 saturated carbocycles. The smallest absolute Gasteiger partial charge is 0.226 e. The summed E-state index contributed by atoms with van der Waals surface area (Å²) in [6.45, 7) is 5.96. The fourth-order valence-corrected chi connectivity index (χ4v) is 3.65. The van der Waals surface area contributed by atoms with E-state index < -0.39 is 0 Å². The third-order valence-electron chi connectivity index (χ3n) is 5.32. The molecule has 1 amide bonds. The Labute approximate surface area is 192 Å². The molecule has 4 rings (SSSR count). The number of carbonyl (C=O) groups excluding carboxylic acids is 1. The summed E-state index contributed by atoms with van der Waals surface area (Å²) in [7, 11) is 0. The van der Waals surface area contributed by atoms with Crippen molar-refractivity contribution in [1.82, 2.24) is 9.78 Å². The molecule has 0 atom stereocenters. The molecule has 33 heavy (non-hydrogen) atoms. The summed E-state index contributed by atoms with van der Waals surface area (Å²) < 4.78 is 21.2. The minimum absolute atomic E-state index is 0.161. The zero-order chi connectivity index (χ0) is 23.4. The van der Waals surface area contributed by atoms with Crippen molar-refractivity contribution in [3.8, 4) is 17.3 Å². The predicted octanol–water partition coefficient (Wildman–Crippen LogP) is 6.30. The number of aryl methyl sites for hydroxylation is 3. The van der Waals surface area contributed by atoms with Crippen LogP contribution in [-0.2, 0) is 11.2 Å². The number of benzene rings is 3. The lowest BCUT2D eigenvalue weighted by molar-refractivity contribution is -0.116. The number of halogens is 1. The molecule has 0 aliphatic heterocycles. The molecule has 5 nitrogen and oxygen atoms in total. The summed E-state index contributed by atoms with van der Waals surface area (Å²) in [4.78, 5) is 12.5. The van der Waals surface area contributed by atoms with Crippen molar-refractivity contribution >= 4 is 11.6 Å². The fourth-order valence-electron chi connectivity index (χ4n) is 3.65. The highest BCUT2D eigenvalue weighted by Crippen LogP contribution is 2.32. The first kappa shape index (κ1) is 22.3. The van der Waals surface area contributed by atoms with E-state index in [1.54, 1.807) is 16.8 Å². The van der Waals surface area contributed by atoms with E-state index in [0.717, 1.165) is 28.1 Å². The number of hydrogen-bond donors (Lipinski definition) is 1. The molecule has 3 aromatic carbocycles. The van der Waals surface area contributed by atoms with Gasteiger partial charge in [0, 0.05) is 17.7 Å². The number of rotatable bonds is 7. The van der Waals surface area contributed by atoms with Crippen LogP contribution < -0.4 is 10.1 Å². The molecule has 0 bridgehead atoms. The highest BCUT2D eigenvalue weighted by atomic mass is 19.1. The Morgan fingerprint density at radius 1 is 0.970 bits per heavy atom. The van der Waals surface area contributed by atoms with Crippen molar-refractivity contribution in [2.24, 2.45) is 0 Å². The van der Waals surface area contributed by atoms with E-state index in [0.29, 0.717) is 23.7 Å². The molecular formula is C27H26FN3O2. The SMILES string of the molecule is Cc1cccc(Oc2c(CCC(=O)Nc3ccc(F)cc3)c(C)nn2-c2cccc(C)c2)c1. The van der Waals surface area contributed by atoms with E-state index in [9.17, 15) is 9.18 Å². The topological polar surface area (TPSA) is 56.1 Å². The summed E-state index contributed by atoms with van der Waals surface area (Å²) in [5, 5.41) is 7.54. The van der Waals surface area contributed by atoms with E-state index >= 15 is 0 Å². The Hall–Kier alpha value is -3.93. The summed E-state index contributed by atoms with van der Waals surface area (Å²) in [6.07, 6.45) is 0.688. The second kappa shape index (κ2) is 9.69. The molecule has 0 unspecified atom stereocenters. The minimum Gasteiger partial charge on any atom is -0.439 e. The van der Waals surface area contributed by atoms with Gasteiger partial charge in [-0.2, -0.15) is 5.10 Å². The van der Waals surface area contributed by atoms with Crippen LogP contribution in [0.4, 0.5) is 10.1 Å². The number of amides is 1. The largest absolute Gasteiger partial charge is 0.439 e. The summed E-state index contributed by atoms with van der Waals surface area (Å²) in [5.41, 5.74) is 5.32. The second-order valence-corrected chi connectivity index (χ2v) is 8.09. The van der Waals surface area contributed by atoms with Gasteiger partial charge in [0.15, 0.2) is 0 Å². The Bertz CT molecular complexity index is 1280. The highest BCUT2D eigenvalue weighted by molar-refractivity contribution is 5.90. The molecule has 0 saturated heterocycles. The van der Waals surface area contributed by atoms with Crippen molar-refractivity contribution in [2.75, 3.05) is 5.32 Å². The summed E-state index contributed by atoms with van der Waals surface area (Å²) in [6, 6.07) is 21.6. The van der Waals surface area contributed by atoms with Crippen molar-refractivity contribution in [1.29, 1.82) is 0 Å². The standard InChI is InChI=1S/C27H26FN3O2/c1-18-6-4-8-23(16-18)31-27(33-24-9-5-7-19(2)17-24)25(20(3)30-31)14-15-26(32)29-22-12-10-21(28)11-13-22/h4-13,16-17H,14-15H2,1-3H3,(H,29,32). The number of nitrogens with zero attached hydrogens (tertiary/aromatic N) is 2. The van der Waals surface area contributed by atoms with Crippen LogP contribution in [0.15, 0.2) is 72.8 Å². The van der Waals surface area contributed by atoms with E-state index in [-0.39, 0.29) is 18.1 Å². The van der Waals surface area contributed by atoms with Crippen LogP contribution in [-0.4, -0.2) is 15.7 Å². The third-order valence-corrected chi connectivity index (χ3v) is 5.32. The lowest BCUT2D eigenvalue weighted by atomic mass is 10.1. The average Bonchev–Trinajstić information content (AvgIpc) is 3.09. The van der Waals surface area contributed by atoms with Gasteiger partial charge in [-0.25, -0.2) is 9.07 Å². The maximum absolute atomic E-state index is 13.1. The number of carbonyl (C=O) groups is 1. The van der Waals surface area contributed by atoms with Gasteiger partial charge in [0.05, 0.1) is 11.4 Å².